The molecule has 30 heavy (non-hydrogen) atoms. The molecule has 0 aliphatic carbocycles. The van der Waals surface area contributed by atoms with E-state index in [4.69, 9.17) is 14.2 Å². The first-order valence-corrected chi connectivity index (χ1v) is 10.0. The molecule has 2 aromatic carbocycles. The molecule has 0 unspecified atom stereocenters. The van der Waals surface area contributed by atoms with E-state index in [1.54, 1.807) is 39.3 Å². The predicted molar refractivity (Wildman–Crippen MR) is 113 cm³/mol. The highest BCUT2D eigenvalue weighted by Crippen LogP contribution is 2.30. The summed E-state index contributed by atoms with van der Waals surface area (Å²) < 4.78 is 16.7. The summed E-state index contributed by atoms with van der Waals surface area (Å²) in [6, 6.07) is 12.7. The molecular formula is C23H28N2O5. The number of nitrogens with one attached hydrogen (secondary N) is 1. The van der Waals surface area contributed by atoms with E-state index in [0.717, 1.165) is 24.2 Å². The Bertz CT molecular complexity index is 891. The zero-order valence-electron chi connectivity index (χ0n) is 17.6. The van der Waals surface area contributed by atoms with Gasteiger partial charge in [-0.05, 0) is 35.9 Å². The third-order valence-corrected chi connectivity index (χ3v) is 5.19. The third-order valence-electron chi connectivity index (χ3n) is 5.19. The number of methoxy groups -OCH3 is 2. The average molecular weight is 412 g/mol. The predicted octanol–water partition coefficient (Wildman–Crippen LogP) is 3.02. The van der Waals surface area contributed by atoms with Crippen LogP contribution in [0.4, 0.5) is 0 Å². The van der Waals surface area contributed by atoms with Crippen LogP contribution in [0.2, 0.25) is 0 Å². The molecule has 2 amide bonds. The van der Waals surface area contributed by atoms with Crippen molar-refractivity contribution in [3.05, 3.63) is 53.6 Å². The van der Waals surface area contributed by atoms with Gasteiger partial charge in [-0.25, -0.2) is 0 Å². The van der Waals surface area contributed by atoms with Crippen LogP contribution >= 0.6 is 0 Å². The van der Waals surface area contributed by atoms with E-state index in [9.17, 15) is 9.59 Å². The van der Waals surface area contributed by atoms with Gasteiger partial charge in [-0.1, -0.05) is 12.1 Å². The van der Waals surface area contributed by atoms with E-state index >= 15 is 0 Å². The summed E-state index contributed by atoms with van der Waals surface area (Å²) in [4.78, 5) is 25.9. The first kappa shape index (κ1) is 21.5. The van der Waals surface area contributed by atoms with Gasteiger partial charge >= 0.3 is 0 Å². The Labute approximate surface area is 176 Å². The number of ether oxygens (including phenoxy) is 3. The minimum absolute atomic E-state index is 0.0160. The molecule has 0 spiro atoms. The van der Waals surface area contributed by atoms with Crippen molar-refractivity contribution in [2.24, 2.45) is 0 Å². The van der Waals surface area contributed by atoms with E-state index in [1.165, 1.54) is 0 Å². The highest BCUT2D eigenvalue weighted by Gasteiger charge is 2.23. The molecule has 1 heterocycles. The highest BCUT2D eigenvalue weighted by atomic mass is 16.5. The summed E-state index contributed by atoms with van der Waals surface area (Å²) in [7, 11) is 3.17. The van der Waals surface area contributed by atoms with Crippen molar-refractivity contribution in [3.63, 3.8) is 0 Å². The molecule has 160 valence electrons. The average Bonchev–Trinajstić information content (AvgIpc) is 2.78. The number of hydrogen-bond donors (Lipinski definition) is 1. The summed E-state index contributed by atoms with van der Waals surface area (Å²) in [5.41, 5.74) is 1.44. The molecule has 1 saturated heterocycles. The maximum atomic E-state index is 12.6. The van der Waals surface area contributed by atoms with Gasteiger partial charge in [0.2, 0.25) is 5.91 Å². The maximum Gasteiger partial charge on any atom is 0.251 e. The topological polar surface area (TPSA) is 77.1 Å². The number of carbonyl (C=O) groups is 2. The molecule has 1 fully saturated rings. The van der Waals surface area contributed by atoms with Crippen molar-refractivity contribution >= 4 is 11.8 Å². The summed E-state index contributed by atoms with van der Waals surface area (Å²) in [5, 5.41) is 2.91. The van der Waals surface area contributed by atoms with Crippen molar-refractivity contribution in [1.29, 1.82) is 0 Å². The molecule has 0 bridgehead atoms. The Kier molecular flexibility index (Phi) is 7.17. The summed E-state index contributed by atoms with van der Waals surface area (Å²) in [6.07, 6.45) is 1.55. The van der Waals surface area contributed by atoms with Crippen LogP contribution < -0.4 is 19.5 Å². The lowest BCUT2D eigenvalue weighted by atomic mass is 10.1. The van der Waals surface area contributed by atoms with Crippen molar-refractivity contribution in [2.45, 2.75) is 32.4 Å². The lowest BCUT2D eigenvalue weighted by molar-refractivity contribution is -0.130. The van der Waals surface area contributed by atoms with Crippen molar-refractivity contribution in [2.75, 3.05) is 27.3 Å². The number of carbonyl (C=O) groups excluding carboxylic acids is 2. The van der Waals surface area contributed by atoms with Gasteiger partial charge in [-0.3, -0.25) is 9.59 Å². The highest BCUT2D eigenvalue weighted by molar-refractivity contribution is 5.94. The Morgan fingerprint density at radius 1 is 1.03 bits per heavy atom. The number of nitrogens with zero attached hydrogens (tertiary/aromatic N) is 1. The standard InChI is InChI=1S/C23H28N2O5/c1-16(26)25-11-9-19(10-12-25)30-21-8-7-18(14-22(21)29-3)23(27)24-15-17-5-4-6-20(13-17)28-2/h4-8,13-14,19H,9-12,15H2,1-3H3,(H,24,27). The molecule has 7 heteroatoms. The molecular weight excluding hydrogens is 384 g/mol. The van der Waals surface area contributed by atoms with Crippen LogP contribution in [-0.4, -0.2) is 50.1 Å². The normalized spacial score (nSPS) is 14.2. The van der Waals surface area contributed by atoms with E-state index in [2.05, 4.69) is 5.32 Å². The molecule has 2 aromatic rings. The number of amides is 2. The molecule has 0 radical (unpaired) electrons. The summed E-state index contributed by atoms with van der Waals surface area (Å²) in [6.45, 7) is 3.35. The van der Waals surface area contributed by atoms with Gasteiger partial charge < -0.3 is 24.4 Å². The fourth-order valence-corrected chi connectivity index (χ4v) is 3.44. The van der Waals surface area contributed by atoms with E-state index in [-0.39, 0.29) is 17.9 Å². The Morgan fingerprint density at radius 2 is 1.80 bits per heavy atom. The van der Waals surface area contributed by atoms with Crippen LogP contribution in [0.1, 0.15) is 35.7 Å². The van der Waals surface area contributed by atoms with Crippen LogP contribution in [-0.2, 0) is 11.3 Å². The Balaban J connectivity index is 1.60. The third kappa shape index (κ3) is 5.43. The van der Waals surface area contributed by atoms with Crippen LogP contribution in [0.5, 0.6) is 17.2 Å². The van der Waals surface area contributed by atoms with E-state index < -0.39 is 0 Å². The SMILES string of the molecule is COc1cccc(CNC(=O)c2ccc(OC3CCN(C(C)=O)CC3)c(OC)c2)c1. The maximum absolute atomic E-state index is 12.6. The van der Waals surface area contributed by atoms with Gasteiger partial charge in [0.15, 0.2) is 11.5 Å². The second kappa shape index (κ2) is 10.0. The minimum atomic E-state index is -0.197. The molecule has 0 saturated carbocycles. The smallest absolute Gasteiger partial charge is 0.251 e. The first-order chi connectivity index (χ1) is 14.5. The quantitative estimate of drug-likeness (QED) is 0.757. The molecule has 3 rings (SSSR count). The first-order valence-electron chi connectivity index (χ1n) is 10.0. The number of likely N-dealkylation sites (tertiary alicyclic amines) is 1. The largest absolute Gasteiger partial charge is 0.497 e. The molecule has 1 aliphatic heterocycles. The van der Waals surface area contributed by atoms with Gasteiger partial charge in [-0.2, -0.15) is 0 Å². The summed E-state index contributed by atoms with van der Waals surface area (Å²) in [5.74, 6) is 1.76. The zero-order valence-corrected chi connectivity index (χ0v) is 17.6. The number of hydrogen-bond acceptors (Lipinski definition) is 5. The van der Waals surface area contributed by atoms with Crippen molar-refractivity contribution < 1.29 is 23.8 Å². The van der Waals surface area contributed by atoms with Gasteiger partial charge in [-0.15, -0.1) is 0 Å². The monoisotopic (exact) mass is 412 g/mol. The zero-order chi connectivity index (χ0) is 21.5. The van der Waals surface area contributed by atoms with Gasteiger partial charge in [0.05, 0.1) is 14.2 Å². The minimum Gasteiger partial charge on any atom is -0.497 e. The van der Waals surface area contributed by atoms with Crippen LogP contribution in [0, 0.1) is 0 Å². The Morgan fingerprint density at radius 3 is 2.47 bits per heavy atom. The van der Waals surface area contributed by atoms with Crippen LogP contribution in [0.3, 0.4) is 0 Å². The van der Waals surface area contributed by atoms with Crippen LogP contribution in [0.15, 0.2) is 42.5 Å². The number of rotatable bonds is 7. The summed E-state index contributed by atoms with van der Waals surface area (Å²) >= 11 is 0. The second-order valence-corrected chi connectivity index (χ2v) is 7.22. The van der Waals surface area contributed by atoms with Crippen molar-refractivity contribution in [3.8, 4) is 17.2 Å². The van der Waals surface area contributed by atoms with E-state index in [0.29, 0.717) is 36.7 Å². The molecule has 1 aliphatic rings. The lowest BCUT2D eigenvalue weighted by Gasteiger charge is -2.31. The van der Waals surface area contributed by atoms with Gasteiger partial charge in [0.1, 0.15) is 11.9 Å². The van der Waals surface area contributed by atoms with Gasteiger partial charge in [0.25, 0.3) is 5.91 Å². The fraction of sp³-hybridized carbons (Fsp3) is 0.391. The Hall–Kier alpha value is -3.22. The fourth-order valence-electron chi connectivity index (χ4n) is 3.44. The molecule has 0 atom stereocenters. The van der Waals surface area contributed by atoms with Crippen molar-refractivity contribution in [1.82, 2.24) is 10.2 Å². The van der Waals surface area contributed by atoms with E-state index in [1.807, 2.05) is 29.2 Å². The molecule has 7 nitrogen and oxygen atoms in total. The van der Waals surface area contributed by atoms with Crippen LogP contribution in [0.25, 0.3) is 0 Å². The second-order valence-electron chi connectivity index (χ2n) is 7.22. The molecule has 1 N–H and O–H groups in total. The molecule has 0 aromatic heterocycles. The number of piperidine rings is 1. The lowest BCUT2D eigenvalue weighted by Crippen LogP contribution is -2.40. The van der Waals surface area contributed by atoms with Gasteiger partial charge in [0, 0.05) is 45.0 Å². The number of benzene rings is 2.